The number of aliphatic carboxylic acids is 1. The van der Waals surface area contributed by atoms with Crippen molar-refractivity contribution >= 4 is 17.6 Å². The molecular weight excluding hydrogens is 435 g/mol. The Morgan fingerprint density at radius 2 is 1.94 bits per heavy atom. The summed E-state index contributed by atoms with van der Waals surface area (Å²) in [6.45, 7) is 3.67. The second-order valence-electron chi connectivity index (χ2n) is 8.79. The summed E-state index contributed by atoms with van der Waals surface area (Å²) in [7, 11) is 0. The standard InChI is InChI=1S/C23H24F3N5O2/c1-14-9-16(29-21-27-8-5-19(30-21)23(24,25)26)11-17(10-14)31-12-18(28-13-31)15-3-6-22(2,7-4-15)20(32)33/h5,8-13,15H,3-4,6-7H2,1-2H3,(H,32,33)(H,27,29,30). The average molecular weight is 459 g/mol. The predicted octanol–water partition coefficient (Wildman–Crippen LogP) is 5.48. The quantitative estimate of drug-likeness (QED) is 0.525. The minimum absolute atomic E-state index is 0.142. The molecule has 0 radical (unpaired) electrons. The topological polar surface area (TPSA) is 92.9 Å². The van der Waals surface area contributed by atoms with Gasteiger partial charge in [-0.25, -0.2) is 15.0 Å². The molecule has 1 fully saturated rings. The van der Waals surface area contributed by atoms with Crippen LogP contribution in [0.1, 0.15) is 55.5 Å². The zero-order valence-corrected chi connectivity index (χ0v) is 18.2. The van der Waals surface area contributed by atoms with E-state index >= 15 is 0 Å². The zero-order chi connectivity index (χ0) is 23.8. The third-order valence-electron chi connectivity index (χ3n) is 6.19. The average Bonchev–Trinajstić information content (AvgIpc) is 3.24. The van der Waals surface area contributed by atoms with Crippen molar-refractivity contribution < 1.29 is 23.1 Å². The Morgan fingerprint density at radius 3 is 2.61 bits per heavy atom. The Kier molecular flexibility index (Phi) is 5.85. The molecule has 33 heavy (non-hydrogen) atoms. The molecule has 0 amide bonds. The van der Waals surface area contributed by atoms with Gasteiger partial charge in [-0.2, -0.15) is 13.2 Å². The molecule has 174 valence electrons. The van der Waals surface area contributed by atoms with E-state index in [1.165, 1.54) is 0 Å². The van der Waals surface area contributed by atoms with Gasteiger partial charge in [0.25, 0.3) is 0 Å². The molecule has 4 rings (SSSR count). The number of carboxylic acids is 1. The van der Waals surface area contributed by atoms with Crippen LogP contribution in [-0.4, -0.2) is 30.6 Å². The summed E-state index contributed by atoms with van der Waals surface area (Å²) < 4.78 is 40.7. The van der Waals surface area contributed by atoms with E-state index in [-0.39, 0.29) is 11.9 Å². The number of hydrogen-bond acceptors (Lipinski definition) is 5. The smallest absolute Gasteiger partial charge is 0.433 e. The van der Waals surface area contributed by atoms with E-state index < -0.39 is 23.3 Å². The maximum absolute atomic E-state index is 12.9. The largest absolute Gasteiger partial charge is 0.481 e. The summed E-state index contributed by atoms with van der Waals surface area (Å²) in [6, 6.07) is 6.33. The van der Waals surface area contributed by atoms with Crippen LogP contribution in [0.25, 0.3) is 5.69 Å². The van der Waals surface area contributed by atoms with Crippen molar-refractivity contribution in [3.8, 4) is 5.69 Å². The monoisotopic (exact) mass is 459 g/mol. The summed E-state index contributed by atoms with van der Waals surface area (Å²) in [5.74, 6) is -0.702. The fourth-order valence-corrected chi connectivity index (χ4v) is 4.14. The van der Waals surface area contributed by atoms with Gasteiger partial charge in [0.2, 0.25) is 5.95 Å². The fourth-order valence-electron chi connectivity index (χ4n) is 4.14. The Labute approximate surface area is 188 Å². The second-order valence-corrected chi connectivity index (χ2v) is 8.79. The van der Waals surface area contributed by atoms with E-state index in [0.29, 0.717) is 18.5 Å². The van der Waals surface area contributed by atoms with Crippen LogP contribution in [-0.2, 0) is 11.0 Å². The number of benzene rings is 1. The highest BCUT2D eigenvalue weighted by Gasteiger charge is 2.38. The summed E-state index contributed by atoms with van der Waals surface area (Å²) in [5, 5.41) is 12.3. The summed E-state index contributed by atoms with van der Waals surface area (Å²) >= 11 is 0. The van der Waals surface area contributed by atoms with E-state index in [1.54, 1.807) is 25.4 Å². The van der Waals surface area contributed by atoms with Crippen molar-refractivity contribution in [2.24, 2.45) is 5.41 Å². The highest BCUT2D eigenvalue weighted by atomic mass is 19.4. The maximum Gasteiger partial charge on any atom is 0.433 e. The first-order valence-corrected chi connectivity index (χ1v) is 10.6. The molecule has 10 heteroatoms. The normalized spacial score (nSPS) is 21.1. The molecule has 1 aliphatic carbocycles. The number of imidazole rings is 1. The molecule has 2 heterocycles. The Morgan fingerprint density at radius 1 is 1.21 bits per heavy atom. The van der Waals surface area contributed by atoms with Gasteiger partial charge in [0.15, 0.2) is 0 Å². The van der Waals surface area contributed by atoms with Crippen LogP contribution >= 0.6 is 0 Å². The predicted molar refractivity (Wildman–Crippen MR) is 116 cm³/mol. The summed E-state index contributed by atoms with van der Waals surface area (Å²) in [6.07, 6.45) is 2.86. The van der Waals surface area contributed by atoms with Gasteiger partial charge in [0.1, 0.15) is 5.69 Å². The number of nitrogens with zero attached hydrogens (tertiary/aromatic N) is 4. The zero-order valence-electron chi connectivity index (χ0n) is 18.2. The number of hydrogen-bond donors (Lipinski definition) is 2. The third kappa shape index (κ3) is 4.99. The molecule has 0 atom stereocenters. The highest BCUT2D eigenvalue weighted by molar-refractivity contribution is 5.74. The van der Waals surface area contributed by atoms with Crippen molar-refractivity contribution in [1.29, 1.82) is 0 Å². The van der Waals surface area contributed by atoms with Crippen LogP contribution in [0.4, 0.5) is 24.8 Å². The molecule has 0 aliphatic heterocycles. The Balaban J connectivity index is 1.52. The van der Waals surface area contributed by atoms with Crippen LogP contribution in [0, 0.1) is 12.3 Å². The molecule has 2 N–H and O–H groups in total. The van der Waals surface area contributed by atoms with Crippen LogP contribution in [0.15, 0.2) is 43.0 Å². The number of aromatic nitrogens is 4. The van der Waals surface area contributed by atoms with Gasteiger partial charge in [0.05, 0.1) is 17.4 Å². The Hall–Kier alpha value is -3.43. The molecule has 1 saturated carbocycles. The molecule has 7 nitrogen and oxygen atoms in total. The van der Waals surface area contributed by atoms with Gasteiger partial charge < -0.3 is 15.0 Å². The maximum atomic E-state index is 12.9. The van der Waals surface area contributed by atoms with Crippen molar-refractivity contribution in [2.75, 3.05) is 5.32 Å². The van der Waals surface area contributed by atoms with Crippen molar-refractivity contribution in [2.45, 2.75) is 51.6 Å². The fraction of sp³-hybridized carbons (Fsp3) is 0.391. The van der Waals surface area contributed by atoms with Crippen molar-refractivity contribution in [3.05, 3.63) is 59.9 Å². The molecular formula is C23H24F3N5O2. The lowest BCUT2D eigenvalue weighted by Gasteiger charge is -2.33. The van der Waals surface area contributed by atoms with Crippen LogP contribution in [0.2, 0.25) is 0 Å². The number of carboxylic acid groups (broad SMARTS) is 1. The first-order chi connectivity index (χ1) is 15.5. The Bertz CT molecular complexity index is 1170. The lowest BCUT2D eigenvalue weighted by molar-refractivity contribution is -0.150. The van der Waals surface area contributed by atoms with E-state index in [9.17, 15) is 23.1 Å². The highest BCUT2D eigenvalue weighted by Crippen LogP contribution is 2.42. The minimum atomic E-state index is -4.55. The lowest BCUT2D eigenvalue weighted by atomic mass is 9.71. The van der Waals surface area contributed by atoms with Gasteiger partial charge in [-0.3, -0.25) is 4.79 Å². The van der Waals surface area contributed by atoms with Gasteiger partial charge in [-0.05, 0) is 69.4 Å². The number of alkyl halides is 3. The van der Waals surface area contributed by atoms with Gasteiger partial charge in [0, 0.05) is 29.7 Å². The van der Waals surface area contributed by atoms with Crippen LogP contribution in [0.5, 0.6) is 0 Å². The minimum Gasteiger partial charge on any atom is -0.481 e. The number of halogens is 3. The molecule has 0 spiro atoms. The second kappa shape index (κ2) is 8.49. The van der Waals surface area contributed by atoms with Gasteiger partial charge in [-0.15, -0.1) is 0 Å². The van der Waals surface area contributed by atoms with E-state index in [1.807, 2.05) is 23.8 Å². The number of carbonyl (C=O) groups is 1. The third-order valence-corrected chi connectivity index (χ3v) is 6.19. The number of anilines is 2. The number of aryl methyl sites for hydroxylation is 1. The summed E-state index contributed by atoms with van der Waals surface area (Å²) in [4.78, 5) is 23.5. The van der Waals surface area contributed by atoms with Crippen molar-refractivity contribution in [3.63, 3.8) is 0 Å². The van der Waals surface area contributed by atoms with Crippen LogP contribution in [0.3, 0.4) is 0 Å². The molecule has 2 aromatic heterocycles. The number of nitrogens with one attached hydrogen (secondary N) is 1. The van der Waals surface area contributed by atoms with E-state index in [4.69, 9.17) is 0 Å². The first kappa shape index (κ1) is 22.8. The lowest BCUT2D eigenvalue weighted by Crippen LogP contribution is -2.31. The molecule has 3 aromatic rings. The molecule has 1 aliphatic rings. The SMILES string of the molecule is Cc1cc(Nc2nccc(C(F)(F)F)n2)cc(-n2cnc(C3CCC(C)(C(=O)O)CC3)c2)c1. The van der Waals surface area contributed by atoms with Crippen molar-refractivity contribution in [1.82, 2.24) is 19.5 Å². The van der Waals surface area contributed by atoms with E-state index in [0.717, 1.165) is 42.0 Å². The summed E-state index contributed by atoms with van der Waals surface area (Å²) in [5.41, 5.74) is 1.44. The van der Waals surface area contributed by atoms with Crippen LogP contribution < -0.4 is 5.32 Å². The molecule has 1 aromatic carbocycles. The molecule has 0 saturated heterocycles. The van der Waals surface area contributed by atoms with Gasteiger partial charge >= 0.3 is 12.1 Å². The van der Waals surface area contributed by atoms with E-state index in [2.05, 4.69) is 20.3 Å². The first-order valence-electron chi connectivity index (χ1n) is 10.6. The molecule has 0 bridgehead atoms. The molecule has 0 unspecified atom stereocenters. The van der Waals surface area contributed by atoms with Gasteiger partial charge in [-0.1, -0.05) is 0 Å². The number of rotatable bonds is 5.